The van der Waals surface area contributed by atoms with Crippen molar-refractivity contribution in [1.82, 2.24) is 15.1 Å². The molecule has 45 heavy (non-hydrogen) atoms. The largest absolute Gasteiger partial charge is 0.457 e. The average molecular weight is 613 g/mol. The Bertz CT molecular complexity index is 1400. The van der Waals surface area contributed by atoms with Crippen LogP contribution in [-0.4, -0.2) is 77.5 Å². The fourth-order valence-electron chi connectivity index (χ4n) is 8.10. The van der Waals surface area contributed by atoms with Crippen LogP contribution in [0.3, 0.4) is 0 Å². The summed E-state index contributed by atoms with van der Waals surface area (Å²) in [6, 6.07) is 16.0. The molecule has 2 aromatic carbocycles. The topological polar surface area (TPSA) is 100 Å². The van der Waals surface area contributed by atoms with Gasteiger partial charge in [-0.3, -0.25) is 14.4 Å². The summed E-state index contributed by atoms with van der Waals surface area (Å²) in [5, 5.41) is 6.30. The van der Waals surface area contributed by atoms with Crippen molar-refractivity contribution in [1.29, 1.82) is 0 Å². The number of fused-ring (bicyclic) bond motifs is 1. The Labute approximate surface area is 265 Å². The summed E-state index contributed by atoms with van der Waals surface area (Å²) in [4.78, 5) is 46.4. The molecule has 0 radical (unpaired) electrons. The molecule has 1 spiro atoms. The van der Waals surface area contributed by atoms with Gasteiger partial charge in [0, 0.05) is 24.8 Å². The summed E-state index contributed by atoms with van der Waals surface area (Å²) in [5.74, 6) is -0.687. The Balaban J connectivity index is 1.09. The van der Waals surface area contributed by atoms with Gasteiger partial charge in [-0.15, -0.1) is 0 Å². The van der Waals surface area contributed by atoms with Crippen molar-refractivity contribution < 1.29 is 23.9 Å². The molecule has 3 unspecified atom stereocenters. The minimum atomic E-state index is -1.14. The van der Waals surface area contributed by atoms with Gasteiger partial charge in [-0.05, 0) is 75.2 Å². The lowest BCUT2D eigenvalue weighted by atomic mass is 9.74. The molecular weight excluding hydrogens is 568 g/mol. The number of nitrogens with one attached hydrogen (secondary N) is 2. The molecule has 4 fully saturated rings. The third-order valence-electron chi connectivity index (χ3n) is 10.3. The Morgan fingerprint density at radius 3 is 2.27 bits per heavy atom. The number of likely N-dealkylation sites (tertiary alicyclic amines) is 2. The number of para-hydroxylation sites is 1. The molecule has 9 nitrogen and oxygen atoms in total. The summed E-state index contributed by atoms with van der Waals surface area (Å²) in [5.41, 5.74) is -0.537. The molecule has 238 valence electrons. The number of ether oxygens (including phenoxy) is 2. The molecule has 9 heteroatoms. The lowest BCUT2D eigenvalue weighted by Gasteiger charge is -2.35. The quantitative estimate of drug-likeness (QED) is 0.391. The molecule has 2 aromatic rings. The number of rotatable bonds is 9. The summed E-state index contributed by atoms with van der Waals surface area (Å²) in [6.45, 7) is 3.17. The standard InChI is InChI=1S/C36H44N4O5/c41-33(37-26-15-17-28(18-16-26)44-27-13-7-4-8-14-27)30-29-19-20-36(45-29)31(30)35(43)40(24-23-39-21-9-1-2-10-22-39)32(36)34(42)38-25-11-5-3-6-12-25/h4,7-8,13-20,25,29-32H,1-3,5-6,9-12,21-24H2,(H,37,41)(H,38,42)/t29-,30?,31-,32?,36?/m1/s1. The van der Waals surface area contributed by atoms with E-state index in [-0.39, 0.29) is 23.8 Å². The van der Waals surface area contributed by atoms with E-state index in [0.29, 0.717) is 24.5 Å². The van der Waals surface area contributed by atoms with Crippen LogP contribution < -0.4 is 15.4 Å². The van der Waals surface area contributed by atoms with Crippen LogP contribution in [0.25, 0.3) is 0 Å². The second-order valence-corrected chi connectivity index (χ2v) is 13.3. The third-order valence-corrected chi connectivity index (χ3v) is 10.3. The van der Waals surface area contributed by atoms with Gasteiger partial charge in [-0.1, -0.05) is 62.5 Å². The first-order valence-electron chi connectivity index (χ1n) is 16.9. The number of carbonyl (C=O) groups excluding carboxylic acids is 3. The first kappa shape index (κ1) is 30.0. The number of hydrogen-bond acceptors (Lipinski definition) is 6. The van der Waals surface area contributed by atoms with Crippen molar-refractivity contribution >= 4 is 23.4 Å². The van der Waals surface area contributed by atoms with Crippen molar-refractivity contribution in [3.05, 3.63) is 66.7 Å². The highest BCUT2D eigenvalue weighted by Crippen LogP contribution is 2.55. The molecule has 4 aliphatic heterocycles. The number of anilines is 1. The molecular formula is C36H44N4O5. The first-order chi connectivity index (χ1) is 22.0. The van der Waals surface area contributed by atoms with E-state index in [4.69, 9.17) is 9.47 Å². The highest BCUT2D eigenvalue weighted by atomic mass is 16.5. The smallest absolute Gasteiger partial charge is 0.246 e. The van der Waals surface area contributed by atoms with E-state index in [1.807, 2.05) is 42.5 Å². The van der Waals surface area contributed by atoms with E-state index in [9.17, 15) is 14.4 Å². The second-order valence-electron chi connectivity index (χ2n) is 13.3. The fraction of sp³-hybridized carbons (Fsp3) is 0.528. The highest BCUT2D eigenvalue weighted by molar-refractivity contribution is 6.02. The van der Waals surface area contributed by atoms with Gasteiger partial charge in [0.2, 0.25) is 17.7 Å². The fourth-order valence-corrected chi connectivity index (χ4v) is 8.10. The zero-order valence-corrected chi connectivity index (χ0v) is 25.9. The predicted molar refractivity (Wildman–Crippen MR) is 171 cm³/mol. The van der Waals surface area contributed by atoms with Crippen molar-refractivity contribution in [3.8, 4) is 11.5 Å². The molecule has 3 amide bonds. The molecule has 2 bridgehead atoms. The Kier molecular flexibility index (Phi) is 8.64. The number of nitrogens with zero attached hydrogens (tertiary/aromatic N) is 2. The van der Waals surface area contributed by atoms with Gasteiger partial charge >= 0.3 is 0 Å². The van der Waals surface area contributed by atoms with E-state index in [1.165, 1.54) is 19.3 Å². The van der Waals surface area contributed by atoms with Crippen LogP contribution in [0, 0.1) is 11.8 Å². The van der Waals surface area contributed by atoms with Gasteiger partial charge in [-0.25, -0.2) is 0 Å². The van der Waals surface area contributed by atoms with Crippen LogP contribution in [0.15, 0.2) is 66.7 Å². The zero-order valence-electron chi connectivity index (χ0n) is 25.9. The van der Waals surface area contributed by atoms with Gasteiger partial charge in [0.25, 0.3) is 0 Å². The van der Waals surface area contributed by atoms with Gasteiger partial charge in [0.15, 0.2) is 0 Å². The summed E-state index contributed by atoms with van der Waals surface area (Å²) in [6.07, 6.45) is 13.3. The van der Waals surface area contributed by atoms with Crippen molar-refractivity contribution in [3.63, 3.8) is 0 Å². The average Bonchev–Trinajstić information content (AvgIpc) is 3.60. The molecule has 5 atom stereocenters. The van der Waals surface area contributed by atoms with Crippen LogP contribution in [-0.2, 0) is 19.1 Å². The van der Waals surface area contributed by atoms with E-state index < -0.39 is 29.6 Å². The summed E-state index contributed by atoms with van der Waals surface area (Å²) < 4.78 is 12.4. The molecule has 0 aromatic heterocycles. The third kappa shape index (κ3) is 6.00. The zero-order chi connectivity index (χ0) is 30.8. The second kappa shape index (κ2) is 13.0. The maximum absolute atomic E-state index is 14.3. The molecule has 2 N–H and O–H groups in total. The number of benzene rings is 2. The molecule has 1 saturated carbocycles. The monoisotopic (exact) mass is 612 g/mol. The Morgan fingerprint density at radius 1 is 0.844 bits per heavy atom. The maximum atomic E-state index is 14.3. The van der Waals surface area contributed by atoms with Gasteiger partial charge in [0.05, 0.1) is 17.9 Å². The van der Waals surface area contributed by atoms with E-state index in [1.54, 1.807) is 29.2 Å². The minimum Gasteiger partial charge on any atom is -0.457 e. The highest BCUT2D eigenvalue weighted by Gasteiger charge is 2.72. The van der Waals surface area contributed by atoms with Crippen LogP contribution in [0.4, 0.5) is 5.69 Å². The number of amides is 3. The number of carbonyl (C=O) groups is 3. The molecule has 7 rings (SSSR count). The summed E-state index contributed by atoms with van der Waals surface area (Å²) in [7, 11) is 0. The SMILES string of the molecule is O=C(Nc1ccc(Oc2ccccc2)cc1)C1[C@H]2C=CC3(O2)C(C(=O)NC2CCCCC2)N(CCN2CCCCCC2)C(=O)[C@@H]13. The predicted octanol–water partition coefficient (Wildman–Crippen LogP) is 4.89. The lowest BCUT2D eigenvalue weighted by molar-refractivity contribution is -0.141. The first-order valence-corrected chi connectivity index (χ1v) is 16.9. The summed E-state index contributed by atoms with van der Waals surface area (Å²) >= 11 is 0. The van der Waals surface area contributed by atoms with Crippen molar-refractivity contribution in [2.45, 2.75) is 81.6 Å². The van der Waals surface area contributed by atoms with Crippen LogP contribution >= 0.6 is 0 Å². The van der Waals surface area contributed by atoms with Crippen LogP contribution in [0.2, 0.25) is 0 Å². The molecule has 1 aliphatic carbocycles. The molecule has 3 saturated heterocycles. The van der Waals surface area contributed by atoms with Crippen LogP contribution in [0.1, 0.15) is 57.8 Å². The Hall–Kier alpha value is -3.69. The van der Waals surface area contributed by atoms with E-state index in [2.05, 4.69) is 15.5 Å². The van der Waals surface area contributed by atoms with E-state index in [0.717, 1.165) is 57.4 Å². The van der Waals surface area contributed by atoms with E-state index >= 15 is 0 Å². The Morgan fingerprint density at radius 2 is 1.53 bits per heavy atom. The lowest BCUT2D eigenvalue weighted by Crippen LogP contribution is -2.57. The minimum absolute atomic E-state index is 0.111. The maximum Gasteiger partial charge on any atom is 0.246 e. The molecule has 4 heterocycles. The number of hydrogen-bond donors (Lipinski definition) is 2. The van der Waals surface area contributed by atoms with Gasteiger partial charge < -0.3 is 29.9 Å². The van der Waals surface area contributed by atoms with Crippen molar-refractivity contribution in [2.75, 3.05) is 31.5 Å². The van der Waals surface area contributed by atoms with Crippen molar-refractivity contribution in [2.24, 2.45) is 11.8 Å². The van der Waals surface area contributed by atoms with Crippen LogP contribution in [0.5, 0.6) is 11.5 Å². The van der Waals surface area contributed by atoms with Gasteiger partial charge in [0.1, 0.15) is 23.1 Å². The van der Waals surface area contributed by atoms with Gasteiger partial charge in [-0.2, -0.15) is 0 Å². The molecule has 5 aliphatic rings. The normalized spacial score (nSPS) is 29.8.